The van der Waals surface area contributed by atoms with Gasteiger partial charge in [-0.3, -0.25) is 0 Å². The summed E-state index contributed by atoms with van der Waals surface area (Å²) in [5.41, 5.74) is 0.432. The fraction of sp³-hybridized carbons (Fsp3) is 0.909. The molecular formula is C11H20N2O2. The molecule has 0 bridgehead atoms. The standard InChI is InChI=1S/C11H20N2O2/c1-2-11(3-4-11)9-12-10(14)13-5-7-15-8-6-13/h2-9H2,1H3,(H,12,14). The predicted molar refractivity (Wildman–Crippen MR) is 57.7 cm³/mol. The summed E-state index contributed by atoms with van der Waals surface area (Å²) in [6, 6.07) is 0.0815. The highest BCUT2D eigenvalue weighted by Gasteiger charge is 2.40. The second-order valence-electron chi connectivity index (χ2n) is 4.61. The molecule has 1 heterocycles. The summed E-state index contributed by atoms with van der Waals surface area (Å²) >= 11 is 0. The van der Waals surface area contributed by atoms with Crippen LogP contribution >= 0.6 is 0 Å². The van der Waals surface area contributed by atoms with E-state index in [2.05, 4.69) is 12.2 Å². The van der Waals surface area contributed by atoms with E-state index in [4.69, 9.17) is 4.74 Å². The van der Waals surface area contributed by atoms with Crippen molar-refractivity contribution in [1.82, 2.24) is 10.2 Å². The fourth-order valence-electron chi connectivity index (χ4n) is 1.97. The molecule has 1 saturated heterocycles. The van der Waals surface area contributed by atoms with Gasteiger partial charge in [-0.1, -0.05) is 6.92 Å². The fourth-order valence-corrected chi connectivity index (χ4v) is 1.97. The first kappa shape index (κ1) is 10.7. The van der Waals surface area contributed by atoms with Crippen LogP contribution in [0.4, 0.5) is 4.79 Å². The maximum Gasteiger partial charge on any atom is 0.317 e. The van der Waals surface area contributed by atoms with Crippen LogP contribution in [-0.2, 0) is 4.74 Å². The van der Waals surface area contributed by atoms with Crippen LogP contribution in [-0.4, -0.2) is 43.8 Å². The third kappa shape index (κ3) is 2.62. The molecule has 1 N–H and O–H groups in total. The van der Waals surface area contributed by atoms with Crippen molar-refractivity contribution in [2.75, 3.05) is 32.8 Å². The first-order valence-corrected chi connectivity index (χ1v) is 5.86. The van der Waals surface area contributed by atoms with E-state index < -0.39 is 0 Å². The SMILES string of the molecule is CCC1(CNC(=O)N2CCOCC2)CC1. The Morgan fingerprint density at radius 3 is 2.60 bits per heavy atom. The molecule has 0 aromatic carbocycles. The van der Waals surface area contributed by atoms with E-state index in [9.17, 15) is 4.79 Å². The second-order valence-corrected chi connectivity index (χ2v) is 4.61. The van der Waals surface area contributed by atoms with Gasteiger partial charge in [0.15, 0.2) is 0 Å². The minimum absolute atomic E-state index is 0.0815. The number of amides is 2. The number of hydrogen-bond donors (Lipinski definition) is 1. The number of nitrogens with one attached hydrogen (secondary N) is 1. The summed E-state index contributed by atoms with van der Waals surface area (Å²) < 4.78 is 5.21. The van der Waals surface area contributed by atoms with Crippen molar-refractivity contribution in [3.8, 4) is 0 Å². The van der Waals surface area contributed by atoms with Crippen LogP contribution in [0.25, 0.3) is 0 Å². The molecular weight excluding hydrogens is 192 g/mol. The quantitative estimate of drug-likeness (QED) is 0.764. The summed E-state index contributed by atoms with van der Waals surface area (Å²) in [4.78, 5) is 13.6. The van der Waals surface area contributed by atoms with Gasteiger partial charge in [-0.2, -0.15) is 0 Å². The zero-order valence-corrected chi connectivity index (χ0v) is 9.42. The molecule has 1 saturated carbocycles. The lowest BCUT2D eigenvalue weighted by atomic mass is 10.0. The van der Waals surface area contributed by atoms with Gasteiger partial charge in [-0.05, 0) is 24.7 Å². The van der Waals surface area contributed by atoms with Crippen LogP contribution < -0.4 is 5.32 Å². The van der Waals surface area contributed by atoms with Crippen molar-refractivity contribution >= 4 is 6.03 Å². The smallest absolute Gasteiger partial charge is 0.317 e. The molecule has 0 radical (unpaired) electrons. The Bertz CT molecular complexity index is 233. The number of morpholine rings is 1. The number of urea groups is 1. The van der Waals surface area contributed by atoms with Gasteiger partial charge in [0, 0.05) is 19.6 Å². The molecule has 0 aromatic heterocycles. The molecule has 0 aromatic rings. The van der Waals surface area contributed by atoms with E-state index in [-0.39, 0.29) is 6.03 Å². The monoisotopic (exact) mass is 212 g/mol. The van der Waals surface area contributed by atoms with Crippen LogP contribution in [0.5, 0.6) is 0 Å². The van der Waals surface area contributed by atoms with Gasteiger partial charge in [0.2, 0.25) is 0 Å². The minimum Gasteiger partial charge on any atom is -0.378 e. The van der Waals surface area contributed by atoms with Crippen molar-refractivity contribution in [2.24, 2.45) is 5.41 Å². The predicted octanol–water partition coefficient (Wildman–Crippen LogP) is 1.22. The van der Waals surface area contributed by atoms with Gasteiger partial charge in [0.05, 0.1) is 13.2 Å². The number of carbonyl (C=O) groups excluding carboxylic acids is 1. The molecule has 2 aliphatic rings. The molecule has 0 atom stereocenters. The van der Waals surface area contributed by atoms with Crippen LogP contribution in [0.2, 0.25) is 0 Å². The third-order valence-electron chi connectivity index (χ3n) is 3.62. The zero-order chi connectivity index (χ0) is 10.7. The summed E-state index contributed by atoms with van der Waals surface area (Å²) in [7, 11) is 0. The van der Waals surface area contributed by atoms with Crippen molar-refractivity contribution < 1.29 is 9.53 Å². The van der Waals surface area contributed by atoms with E-state index in [0.717, 1.165) is 19.6 Å². The number of ether oxygens (including phenoxy) is 1. The highest BCUT2D eigenvalue weighted by atomic mass is 16.5. The van der Waals surface area contributed by atoms with Gasteiger partial charge >= 0.3 is 6.03 Å². The molecule has 1 aliphatic carbocycles. The molecule has 86 valence electrons. The van der Waals surface area contributed by atoms with Gasteiger partial charge < -0.3 is 15.0 Å². The molecule has 4 nitrogen and oxygen atoms in total. The molecule has 2 rings (SSSR count). The topological polar surface area (TPSA) is 41.6 Å². The number of carbonyl (C=O) groups is 1. The van der Waals surface area contributed by atoms with E-state index in [1.807, 2.05) is 4.90 Å². The minimum atomic E-state index is 0.0815. The first-order valence-electron chi connectivity index (χ1n) is 5.86. The molecule has 0 unspecified atom stereocenters. The molecule has 0 spiro atoms. The number of rotatable bonds is 3. The zero-order valence-electron chi connectivity index (χ0n) is 9.42. The summed E-state index contributed by atoms with van der Waals surface area (Å²) in [5, 5.41) is 3.04. The summed E-state index contributed by atoms with van der Waals surface area (Å²) in [6.07, 6.45) is 3.72. The second kappa shape index (κ2) is 4.39. The summed E-state index contributed by atoms with van der Waals surface area (Å²) in [6.45, 7) is 5.85. The highest BCUT2D eigenvalue weighted by molar-refractivity contribution is 5.74. The Kier molecular flexibility index (Phi) is 3.14. The van der Waals surface area contributed by atoms with E-state index in [1.54, 1.807) is 0 Å². The lowest BCUT2D eigenvalue weighted by molar-refractivity contribution is 0.0529. The summed E-state index contributed by atoms with van der Waals surface area (Å²) in [5.74, 6) is 0. The van der Waals surface area contributed by atoms with Crippen LogP contribution in [0.3, 0.4) is 0 Å². The Labute approximate surface area is 91.0 Å². The van der Waals surface area contributed by atoms with Gasteiger partial charge in [0.25, 0.3) is 0 Å². The van der Waals surface area contributed by atoms with Gasteiger partial charge in [-0.25, -0.2) is 4.79 Å². The average Bonchev–Trinajstić information content (AvgIpc) is 3.08. The molecule has 1 aliphatic heterocycles. The normalized spacial score (nSPS) is 23.7. The van der Waals surface area contributed by atoms with Crippen molar-refractivity contribution in [3.05, 3.63) is 0 Å². The third-order valence-corrected chi connectivity index (χ3v) is 3.62. The van der Waals surface area contributed by atoms with E-state index >= 15 is 0 Å². The van der Waals surface area contributed by atoms with Crippen LogP contribution in [0, 0.1) is 5.41 Å². The van der Waals surface area contributed by atoms with Gasteiger partial charge in [-0.15, -0.1) is 0 Å². The van der Waals surface area contributed by atoms with Crippen LogP contribution in [0.1, 0.15) is 26.2 Å². The maximum absolute atomic E-state index is 11.7. The first-order chi connectivity index (χ1) is 7.26. The molecule has 15 heavy (non-hydrogen) atoms. The number of hydrogen-bond acceptors (Lipinski definition) is 2. The van der Waals surface area contributed by atoms with Crippen LogP contribution in [0.15, 0.2) is 0 Å². The van der Waals surface area contributed by atoms with Crippen molar-refractivity contribution in [2.45, 2.75) is 26.2 Å². The van der Waals surface area contributed by atoms with E-state index in [0.29, 0.717) is 18.6 Å². The Balaban J connectivity index is 1.72. The molecule has 4 heteroatoms. The van der Waals surface area contributed by atoms with Crippen molar-refractivity contribution in [1.29, 1.82) is 0 Å². The van der Waals surface area contributed by atoms with E-state index in [1.165, 1.54) is 19.3 Å². The Morgan fingerprint density at radius 2 is 2.07 bits per heavy atom. The Morgan fingerprint density at radius 1 is 1.40 bits per heavy atom. The van der Waals surface area contributed by atoms with Gasteiger partial charge in [0.1, 0.15) is 0 Å². The maximum atomic E-state index is 11.7. The van der Waals surface area contributed by atoms with Crippen molar-refractivity contribution in [3.63, 3.8) is 0 Å². The molecule has 2 amide bonds. The number of nitrogens with zero attached hydrogens (tertiary/aromatic N) is 1. The molecule has 2 fully saturated rings. The lowest BCUT2D eigenvalue weighted by Gasteiger charge is -2.27. The largest absolute Gasteiger partial charge is 0.378 e. The Hall–Kier alpha value is -0.770. The lowest BCUT2D eigenvalue weighted by Crippen LogP contribution is -2.47. The highest BCUT2D eigenvalue weighted by Crippen LogP contribution is 2.47. The average molecular weight is 212 g/mol.